The van der Waals surface area contributed by atoms with E-state index in [4.69, 9.17) is 0 Å². The van der Waals surface area contributed by atoms with Gasteiger partial charge in [-0.25, -0.2) is 4.98 Å². The Hall–Kier alpha value is -2.16. The molecule has 0 amide bonds. The van der Waals surface area contributed by atoms with Gasteiger partial charge in [0, 0.05) is 17.8 Å². The van der Waals surface area contributed by atoms with Gasteiger partial charge in [0.05, 0.1) is 5.69 Å². The molecule has 0 spiro atoms. The van der Waals surface area contributed by atoms with E-state index >= 15 is 0 Å². The Labute approximate surface area is 125 Å². The van der Waals surface area contributed by atoms with Gasteiger partial charge in [0.25, 0.3) is 0 Å². The van der Waals surface area contributed by atoms with Gasteiger partial charge in [-0.1, -0.05) is 35.9 Å². The maximum atomic E-state index is 12.8. The summed E-state index contributed by atoms with van der Waals surface area (Å²) in [6, 6.07) is 7.69. The summed E-state index contributed by atoms with van der Waals surface area (Å²) < 4.78 is 2.05. The van der Waals surface area contributed by atoms with E-state index in [2.05, 4.69) is 11.6 Å². The number of carbonyl (C=O) groups excluding carboxylic acids is 1. The first-order chi connectivity index (χ1) is 10.2. The van der Waals surface area contributed by atoms with Crippen LogP contribution >= 0.6 is 0 Å². The molecule has 1 aromatic heterocycles. The van der Waals surface area contributed by atoms with Crippen LogP contribution in [0.5, 0.6) is 0 Å². The van der Waals surface area contributed by atoms with E-state index in [1.807, 2.05) is 41.8 Å². The van der Waals surface area contributed by atoms with E-state index in [0.29, 0.717) is 17.9 Å². The van der Waals surface area contributed by atoms with Crippen molar-refractivity contribution < 1.29 is 4.79 Å². The highest BCUT2D eigenvalue weighted by Gasteiger charge is 2.23. The average molecular weight is 280 g/mol. The topological polar surface area (TPSA) is 34.9 Å². The zero-order valence-corrected chi connectivity index (χ0v) is 12.4. The van der Waals surface area contributed by atoms with Crippen molar-refractivity contribution in [3.05, 3.63) is 65.3 Å². The second-order valence-corrected chi connectivity index (χ2v) is 5.63. The minimum Gasteiger partial charge on any atom is -0.321 e. The molecule has 0 saturated heterocycles. The Morgan fingerprint density at radius 3 is 2.71 bits per heavy atom. The van der Waals surface area contributed by atoms with Crippen molar-refractivity contribution in [1.82, 2.24) is 9.55 Å². The number of aromatic nitrogens is 2. The summed E-state index contributed by atoms with van der Waals surface area (Å²) in [5, 5.41) is 0. The number of hydrogen-bond acceptors (Lipinski definition) is 2. The van der Waals surface area contributed by atoms with Gasteiger partial charge < -0.3 is 4.57 Å². The number of rotatable bonds is 4. The number of imidazole rings is 1. The number of nitrogens with zero attached hydrogens (tertiary/aromatic N) is 2. The third-order valence-electron chi connectivity index (χ3n) is 4.06. The van der Waals surface area contributed by atoms with Gasteiger partial charge >= 0.3 is 0 Å². The molecule has 1 aliphatic carbocycles. The lowest BCUT2D eigenvalue weighted by molar-refractivity contribution is 0.102. The molecule has 0 saturated carbocycles. The smallest absolute Gasteiger partial charge is 0.228 e. The van der Waals surface area contributed by atoms with E-state index in [9.17, 15) is 4.79 Å². The minimum atomic E-state index is 0.00579. The van der Waals surface area contributed by atoms with Crippen LogP contribution in [0.15, 0.2) is 36.9 Å². The van der Waals surface area contributed by atoms with E-state index in [0.717, 1.165) is 30.5 Å². The highest BCUT2D eigenvalue weighted by atomic mass is 16.1. The first-order valence-corrected chi connectivity index (χ1v) is 7.51. The Kier molecular flexibility index (Phi) is 3.74. The lowest BCUT2D eigenvalue weighted by Gasteiger charge is -2.13. The Bertz CT molecular complexity index is 680. The number of ketones is 1. The van der Waals surface area contributed by atoms with Gasteiger partial charge in [-0.2, -0.15) is 0 Å². The van der Waals surface area contributed by atoms with Crippen molar-refractivity contribution in [3.8, 4) is 0 Å². The van der Waals surface area contributed by atoms with Crippen molar-refractivity contribution in [2.75, 3.05) is 0 Å². The lowest BCUT2D eigenvalue weighted by atomic mass is 10.0. The number of benzene rings is 1. The SMILES string of the molecule is C=CCn1c(C(=O)c2ccc(C)cc2)nc2c1CCCC2. The van der Waals surface area contributed by atoms with Crippen LogP contribution < -0.4 is 0 Å². The molecule has 3 nitrogen and oxygen atoms in total. The van der Waals surface area contributed by atoms with E-state index < -0.39 is 0 Å². The van der Waals surface area contributed by atoms with Gasteiger partial charge in [0.1, 0.15) is 0 Å². The molecule has 3 rings (SSSR count). The summed E-state index contributed by atoms with van der Waals surface area (Å²) in [7, 11) is 0. The number of allylic oxidation sites excluding steroid dienone is 1. The fraction of sp³-hybridized carbons (Fsp3) is 0.333. The summed E-state index contributed by atoms with van der Waals surface area (Å²) in [5.74, 6) is 0.567. The quantitative estimate of drug-likeness (QED) is 0.635. The highest BCUT2D eigenvalue weighted by molar-refractivity contribution is 6.06. The van der Waals surface area contributed by atoms with Crippen LogP contribution in [0.2, 0.25) is 0 Å². The standard InChI is InChI=1S/C18H20N2O/c1-3-12-20-16-7-5-4-6-15(16)19-18(20)17(21)14-10-8-13(2)9-11-14/h3,8-11H,1,4-7,12H2,2H3. The Morgan fingerprint density at radius 2 is 2.00 bits per heavy atom. The summed E-state index contributed by atoms with van der Waals surface area (Å²) in [6.07, 6.45) is 6.16. The van der Waals surface area contributed by atoms with Gasteiger partial charge in [-0.15, -0.1) is 6.58 Å². The lowest BCUT2D eigenvalue weighted by Crippen LogP contribution is -2.13. The maximum Gasteiger partial charge on any atom is 0.228 e. The molecule has 0 unspecified atom stereocenters. The molecule has 2 aromatic rings. The minimum absolute atomic E-state index is 0.00579. The highest BCUT2D eigenvalue weighted by Crippen LogP contribution is 2.24. The second-order valence-electron chi connectivity index (χ2n) is 5.63. The van der Waals surface area contributed by atoms with Gasteiger partial charge in [-0.3, -0.25) is 4.79 Å². The largest absolute Gasteiger partial charge is 0.321 e. The second kappa shape index (κ2) is 5.68. The van der Waals surface area contributed by atoms with Crippen LogP contribution in [0.1, 0.15) is 46.0 Å². The average Bonchev–Trinajstić information content (AvgIpc) is 2.87. The zero-order valence-electron chi connectivity index (χ0n) is 12.4. The Morgan fingerprint density at radius 1 is 1.29 bits per heavy atom. The molecule has 1 heterocycles. The van der Waals surface area contributed by atoms with Crippen LogP contribution in [0.3, 0.4) is 0 Å². The molecule has 1 aromatic carbocycles. The molecule has 0 atom stereocenters. The molecular formula is C18H20N2O. The Balaban J connectivity index is 2.04. The van der Waals surface area contributed by atoms with E-state index in [-0.39, 0.29) is 5.78 Å². The van der Waals surface area contributed by atoms with Crippen LogP contribution in [0, 0.1) is 6.92 Å². The molecule has 0 aliphatic heterocycles. The van der Waals surface area contributed by atoms with Crippen molar-refractivity contribution in [3.63, 3.8) is 0 Å². The van der Waals surface area contributed by atoms with E-state index in [1.165, 1.54) is 12.1 Å². The molecule has 0 N–H and O–H groups in total. The molecule has 108 valence electrons. The summed E-state index contributed by atoms with van der Waals surface area (Å²) in [5.41, 5.74) is 4.17. The van der Waals surface area contributed by atoms with Crippen molar-refractivity contribution in [2.45, 2.75) is 39.2 Å². The third kappa shape index (κ3) is 2.56. The van der Waals surface area contributed by atoms with Crippen molar-refractivity contribution >= 4 is 5.78 Å². The molecule has 0 fully saturated rings. The molecule has 0 radical (unpaired) electrons. The van der Waals surface area contributed by atoms with Crippen LogP contribution in [0.4, 0.5) is 0 Å². The van der Waals surface area contributed by atoms with E-state index in [1.54, 1.807) is 0 Å². The summed E-state index contributed by atoms with van der Waals surface area (Å²) >= 11 is 0. The fourth-order valence-corrected chi connectivity index (χ4v) is 2.93. The monoisotopic (exact) mass is 280 g/mol. The predicted molar refractivity (Wildman–Crippen MR) is 83.7 cm³/mol. The zero-order chi connectivity index (χ0) is 14.8. The first-order valence-electron chi connectivity index (χ1n) is 7.51. The number of carbonyl (C=O) groups is 1. The van der Waals surface area contributed by atoms with Crippen molar-refractivity contribution in [2.24, 2.45) is 0 Å². The number of hydrogen-bond donors (Lipinski definition) is 0. The van der Waals surface area contributed by atoms with Gasteiger partial charge in [0.2, 0.25) is 5.78 Å². The van der Waals surface area contributed by atoms with Crippen LogP contribution in [-0.2, 0) is 19.4 Å². The molecule has 0 bridgehead atoms. The summed E-state index contributed by atoms with van der Waals surface area (Å²) in [6.45, 7) is 6.48. The molecule has 1 aliphatic rings. The number of aryl methyl sites for hydroxylation is 2. The summed E-state index contributed by atoms with van der Waals surface area (Å²) in [4.78, 5) is 17.4. The normalized spacial score (nSPS) is 13.8. The van der Waals surface area contributed by atoms with Gasteiger partial charge in [-0.05, 0) is 32.6 Å². The number of fused-ring (bicyclic) bond motifs is 1. The predicted octanol–water partition coefficient (Wildman–Crippen LogP) is 3.49. The third-order valence-corrected chi connectivity index (χ3v) is 4.06. The first kappa shape index (κ1) is 13.8. The van der Waals surface area contributed by atoms with Gasteiger partial charge in [0.15, 0.2) is 5.82 Å². The molecular weight excluding hydrogens is 260 g/mol. The molecule has 3 heteroatoms. The molecule has 21 heavy (non-hydrogen) atoms. The van der Waals surface area contributed by atoms with Crippen molar-refractivity contribution in [1.29, 1.82) is 0 Å². The van der Waals surface area contributed by atoms with Crippen LogP contribution in [-0.4, -0.2) is 15.3 Å². The fourth-order valence-electron chi connectivity index (χ4n) is 2.93. The maximum absolute atomic E-state index is 12.8. The van der Waals surface area contributed by atoms with Crippen LogP contribution in [0.25, 0.3) is 0 Å².